The average Bonchev–Trinajstić information content (AvgIpc) is 3.35. The van der Waals surface area contributed by atoms with Gasteiger partial charge < -0.3 is 4.90 Å². The summed E-state index contributed by atoms with van der Waals surface area (Å²) >= 11 is 1.90. The van der Waals surface area contributed by atoms with E-state index in [1.54, 1.807) is 0 Å². The van der Waals surface area contributed by atoms with E-state index in [4.69, 9.17) is 0 Å². The molecule has 0 bridgehead atoms. The molecular formula is C59H40NSSi. The van der Waals surface area contributed by atoms with Crippen molar-refractivity contribution in [2.75, 3.05) is 4.90 Å². The highest BCUT2D eigenvalue weighted by molar-refractivity contribution is 7.99. The molecule has 0 aromatic heterocycles. The predicted molar refractivity (Wildman–Crippen MR) is 263 cm³/mol. The lowest BCUT2D eigenvalue weighted by Gasteiger charge is -2.47. The standard InChI is InChI=1S/C59H40NSSi/c1-3-17-41(18-4-1)42-33-36-46(37-34-42)60(54-29-16-20-43-19-7-8-25-49(43)54)47-22-15-21-44(39-47)45-35-38-53-58(40-45)62(48-23-5-2-6-24-48)57-32-14-11-28-52(57)59(53)50-26-9-12-30-55(50)61-56-31-13-10-27-51(56)59/h1-40H. The molecule has 1 radical (unpaired) electrons. The third-order valence-electron chi connectivity index (χ3n) is 12.8. The van der Waals surface area contributed by atoms with E-state index < -0.39 is 14.2 Å². The van der Waals surface area contributed by atoms with Crippen molar-refractivity contribution in [1.29, 1.82) is 0 Å². The van der Waals surface area contributed by atoms with Crippen LogP contribution in [0.15, 0.2) is 252 Å². The van der Waals surface area contributed by atoms with Crippen LogP contribution in [0, 0.1) is 0 Å². The number of fused-ring (bicyclic) bond motifs is 9. The minimum atomic E-state index is -1.42. The van der Waals surface area contributed by atoms with E-state index in [1.165, 1.54) is 80.6 Å². The molecule has 0 atom stereocenters. The van der Waals surface area contributed by atoms with Crippen molar-refractivity contribution in [1.82, 2.24) is 0 Å². The van der Waals surface area contributed by atoms with Crippen molar-refractivity contribution >= 4 is 64.0 Å². The summed E-state index contributed by atoms with van der Waals surface area (Å²) in [7, 11) is -1.42. The molecule has 2 aliphatic rings. The summed E-state index contributed by atoms with van der Waals surface area (Å²) in [6.07, 6.45) is 0. The molecular weight excluding hydrogens is 783 g/mol. The SMILES string of the molecule is c1ccc(-c2ccc(N(c3cccc(-c4ccc5c(c4)[Si](c4ccccc4)c4ccccc4C54c5ccccc5Sc5ccccc54)c3)c3cccc4ccccc34)cc2)cc1. The summed E-state index contributed by atoms with van der Waals surface area (Å²) in [6.45, 7) is 0. The number of hydrogen-bond acceptors (Lipinski definition) is 2. The van der Waals surface area contributed by atoms with Gasteiger partial charge in [0.05, 0.1) is 11.1 Å². The second kappa shape index (κ2) is 15.1. The Hall–Kier alpha value is -7.17. The summed E-state index contributed by atoms with van der Waals surface area (Å²) < 4.78 is 0. The molecule has 0 fully saturated rings. The monoisotopic (exact) mass is 822 g/mol. The van der Waals surface area contributed by atoms with Crippen molar-refractivity contribution in [2.45, 2.75) is 15.2 Å². The van der Waals surface area contributed by atoms with Gasteiger partial charge in [-0.15, -0.1) is 0 Å². The first-order valence-corrected chi connectivity index (χ1v) is 23.7. The Morgan fingerprint density at radius 2 is 0.903 bits per heavy atom. The minimum Gasteiger partial charge on any atom is -0.310 e. The maximum atomic E-state index is 2.55. The molecule has 3 heteroatoms. The molecule has 0 saturated carbocycles. The van der Waals surface area contributed by atoms with Crippen LogP contribution in [0.2, 0.25) is 0 Å². The molecule has 0 amide bonds. The predicted octanol–water partition coefficient (Wildman–Crippen LogP) is 13.3. The van der Waals surface area contributed by atoms with E-state index in [9.17, 15) is 0 Å². The Kier molecular flexibility index (Phi) is 8.91. The number of benzene rings is 10. The summed E-state index contributed by atoms with van der Waals surface area (Å²) in [5.74, 6) is 0. The molecule has 12 rings (SSSR count). The number of hydrogen-bond donors (Lipinski definition) is 0. The first-order valence-electron chi connectivity index (χ1n) is 21.3. The Balaban J connectivity index is 1.07. The molecule has 291 valence electrons. The Labute approximate surface area is 369 Å². The van der Waals surface area contributed by atoms with Gasteiger partial charge in [-0.25, -0.2) is 0 Å². The molecule has 1 nitrogen and oxygen atoms in total. The van der Waals surface area contributed by atoms with Crippen molar-refractivity contribution in [2.24, 2.45) is 0 Å². The fraction of sp³-hybridized carbons (Fsp3) is 0.0169. The van der Waals surface area contributed by atoms with Gasteiger partial charge in [-0.3, -0.25) is 0 Å². The second-order valence-corrected chi connectivity index (χ2v) is 19.7. The highest BCUT2D eigenvalue weighted by Crippen LogP contribution is 2.56. The summed E-state index contributed by atoms with van der Waals surface area (Å²) in [5.41, 5.74) is 13.3. The van der Waals surface area contributed by atoms with Gasteiger partial charge in [0.2, 0.25) is 0 Å². The van der Waals surface area contributed by atoms with Crippen molar-refractivity contribution < 1.29 is 0 Å². The van der Waals surface area contributed by atoms with Crippen LogP contribution in [0.3, 0.4) is 0 Å². The third kappa shape index (κ3) is 5.84. The van der Waals surface area contributed by atoms with Crippen LogP contribution in [-0.4, -0.2) is 8.80 Å². The van der Waals surface area contributed by atoms with Crippen LogP contribution in [0.1, 0.15) is 22.3 Å². The average molecular weight is 823 g/mol. The zero-order valence-electron chi connectivity index (χ0n) is 33.9. The maximum Gasteiger partial charge on any atom is 0.155 e. The Bertz CT molecular complexity index is 3240. The van der Waals surface area contributed by atoms with Crippen molar-refractivity contribution in [3.8, 4) is 22.3 Å². The van der Waals surface area contributed by atoms with Gasteiger partial charge >= 0.3 is 0 Å². The van der Waals surface area contributed by atoms with Crippen LogP contribution in [-0.2, 0) is 5.41 Å². The van der Waals surface area contributed by atoms with Gasteiger partial charge in [-0.05, 0) is 103 Å². The third-order valence-corrected chi connectivity index (χ3v) is 16.8. The normalized spacial score (nSPS) is 13.5. The first-order chi connectivity index (χ1) is 30.8. The number of anilines is 3. The van der Waals surface area contributed by atoms with Gasteiger partial charge in [-0.2, -0.15) is 0 Å². The highest BCUT2D eigenvalue weighted by Gasteiger charge is 2.50. The van der Waals surface area contributed by atoms with Crippen LogP contribution < -0.4 is 20.5 Å². The van der Waals surface area contributed by atoms with Crippen LogP contribution in [0.5, 0.6) is 0 Å². The largest absolute Gasteiger partial charge is 0.310 e. The van der Waals surface area contributed by atoms with E-state index in [1.807, 2.05) is 11.8 Å². The molecule has 2 heterocycles. The zero-order valence-corrected chi connectivity index (χ0v) is 35.8. The zero-order chi connectivity index (χ0) is 41.0. The molecule has 10 aromatic carbocycles. The fourth-order valence-electron chi connectivity index (χ4n) is 10.2. The lowest BCUT2D eigenvalue weighted by molar-refractivity contribution is 0.708. The lowest BCUT2D eigenvalue weighted by atomic mass is 9.64. The topological polar surface area (TPSA) is 3.24 Å². The van der Waals surface area contributed by atoms with Gasteiger partial charge in [0.1, 0.15) is 0 Å². The molecule has 10 aromatic rings. The van der Waals surface area contributed by atoms with Gasteiger partial charge in [0.15, 0.2) is 8.80 Å². The minimum absolute atomic E-state index is 0.454. The summed E-state index contributed by atoms with van der Waals surface area (Å²) in [6, 6.07) is 90.4. The number of nitrogens with zero attached hydrogens (tertiary/aromatic N) is 1. The molecule has 2 aliphatic heterocycles. The summed E-state index contributed by atoms with van der Waals surface area (Å²) in [5, 5.41) is 6.74. The second-order valence-electron chi connectivity index (χ2n) is 16.2. The quantitative estimate of drug-likeness (QED) is 0.154. The highest BCUT2D eigenvalue weighted by atomic mass is 32.2. The van der Waals surface area contributed by atoms with E-state index in [0.29, 0.717) is 0 Å². The van der Waals surface area contributed by atoms with Gasteiger partial charge in [0.25, 0.3) is 0 Å². The van der Waals surface area contributed by atoms with Crippen molar-refractivity contribution in [3.05, 3.63) is 265 Å². The Morgan fingerprint density at radius 1 is 0.355 bits per heavy atom. The van der Waals surface area contributed by atoms with E-state index in [-0.39, 0.29) is 0 Å². The molecule has 0 saturated heterocycles. The van der Waals surface area contributed by atoms with Crippen LogP contribution in [0.25, 0.3) is 33.0 Å². The van der Waals surface area contributed by atoms with Gasteiger partial charge in [0, 0.05) is 26.6 Å². The molecule has 0 aliphatic carbocycles. The lowest BCUT2D eigenvalue weighted by Crippen LogP contribution is -2.62. The van der Waals surface area contributed by atoms with Crippen LogP contribution >= 0.6 is 11.8 Å². The summed E-state index contributed by atoms with van der Waals surface area (Å²) in [4.78, 5) is 5.07. The smallest absolute Gasteiger partial charge is 0.155 e. The maximum absolute atomic E-state index is 2.55. The van der Waals surface area contributed by atoms with E-state index in [0.717, 1.165) is 17.1 Å². The van der Waals surface area contributed by atoms with Crippen LogP contribution in [0.4, 0.5) is 17.1 Å². The molecule has 0 N–H and O–H groups in total. The van der Waals surface area contributed by atoms with E-state index in [2.05, 4.69) is 248 Å². The number of rotatable bonds is 6. The van der Waals surface area contributed by atoms with Crippen molar-refractivity contribution in [3.63, 3.8) is 0 Å². The first kappa shape index (κ1) is 36.7. The molecule has 0 unspecified atom stereocenters. The molecule has 62 heavy (non-hydrogen) atoms. The van der Waals surface area contributed by atoms with Gasteiger partial charge in [-0.1, -0.05) is 217 Å². The molecule has 1 spiro atoms. The van der Waals surface area contributed by atoms with E-state index >= 15 is 0 Å². The fourth-order valence-corrected chi connectivity index (χ4v) is 14.4. The Morgan fingerprint density at radius 3 is 1.68 bits per heavy atom.